The molecule has 0 radical (unpaired) electrons. The Morgan fingerprint density at radius 2 is 0.311 bits per heavy atom. The highest BCUT2D eigenvalue weighted by atomic mass is 28.2. The summed E-state index contributed by atoms with van der Waals surface area (Å²) >= 11 is 0. The number of benzene rings is 20. The smallest absolute Gasteiger partial charge is 0.0875 e. The van der Waals surface area contributed by atoms with Gasteiger partial charge in [0, 0.05) is 154 Å². The molecule has 0 spiro atoms. The minimum Gasteiger partial charge on any atom is -0.311 e. The van der Waals surface area contributed by atoms with Gasteiger partial charge in [-0.05, 0) is 237 Å². The number of para-hydroxylation sites is 12. The fraction of sp³-hybridized carbons (Fsp3) is 0.00813. The second kappa shape index (κ2) is 49.9. The molecule has 135 heavy (non-hydrogen) atoms. The molecule has 20 aromatic carbocycles. The Kier molecular flexibility index (Phi) is 34.6. The summed E-state index contributed by atoms with van der Waals surface area (Å²) in [4.78, 5) is 13.8. The van der Waals surface area contributed by atoms with E-state index in [0.717, 1.165) is 86.2 Å². The summed E-state index contributed by atoms with van der Waals surface area (Å²) in [5.74, 6) is 6.30. The molecule has 0 saturated heterocycles. The highest BCUT2D eigenvalue weighted by Gasteiger charge is 2.20. The Balaban J connectivity index is 0.000000125. The zero-order chi connectivity index (χ0) is 92.6. The van der Waals surface area contributed by atoms with Gasteiger partial charge in [-0.15, -0.1) is 0 Å². The van der Waals surface area contributed by atoms with Crippen molar-refractivity contribution in [3.05, 3.63) is 575 Å². The highest BCUT2D eigenvalue weighted by molar-refractivity contribution is 6.67. The van der Waals surface area contributed by atoms with Crippen LogP contribution in [-0.2, 0) is 0 Å². The number of hydrogen-bond donors (Lipinski definition) is 0. The number of rotatable bonds is 21. The van der Waals surface area contributed by atoms with Crippen LogP contribution in [0.4, 0.5) is 102 Å². The molecule has 0 unspecified atom stereocenters. The normalized spacial score (nSPS) is 10.5. The van der Waals surface area contributed by atoms with Gasteiger partial charge in [-0.25, -0.2) is 0 Å². The second-order valence-electron chi connectivity index (χ2n) is 32.6. The van der Waals surface area contributed by atoms with E-state index in [9.17, 15) is 0 Å². The Hall–Kier alpha value is -15.9. The molecular formula is C123H112N6Si6. The molecule has 0 atom stereocenters. The van der Waals surface area contributed by atoms with Crippen LogP contribution in [0.5, 0.6) is 0 Å². The maximum absolute atomic E-state index is 3.15. The van der Waals surface area contributed by atoms with E-state index < -0.39 is 9.52 Å². The van der Waals surface area contributed by atoms with Gasteiger partial charge >= 0.3 is 0 Å². The maximum atomic E-state index is 3.15. The Morgan fingerprint density at radius 3 is 0.533 bits per heavy atom. The van der Waals surface area contributed by atoms with E-state index in [-0.39, 0.29) is 9.52 Å². The molecule has 12 heteroatoms. The summed E-state index contributed by atoms with van der Waals surface area (Å²) in [6.07, 6.45) is 0. The van der Waals surface area contributed by atoms with E-state index in [1.807, 2.05) is 54.6 Å². The van der Waals surface area contributed by atoms with Gasteiger partial charge in [0.1, 0.15) is 0 Å². The van der Waals surface area contributed by atoms with Gasteiger partial charge in [-0.1, -0.05) is 382 Å². The van der Waals surface area contributed by atoms with Crippen LogP contribution in [0, 0.1) is 11.8 Å². The fourth-order valence-electron chi connectivity index (χ4n) is 15.8. The van der Waals surface area contributed by atoms with E-state index >= 15 is 0 Å². The number of hydrogen-bond acceptors (Lipinski definition) is 6. The lowest BCUT2D eigenvalue weighted by molar-refractivity contribution is 1.25. The Labute approximate surface area is 815 Å². The van der Waals surface area contributed by atoms with E-state index in [2.05, 4.69) is 557 Å². The highest BCUT2D eigenvalue weighted by Crippen LogP contribution is 2.42. The number of anilines is 18. The summed E-state index contributed by atoms with van der Waals surface area (Å²) in [5.41, 5.74) is 23.3. The molecule has 0 heterocycles. The van der Waals surface area contributed by atoms with Crippen molar-refractivity contribution in [2.75, 3.05) is 29.4 Å². The van der Waals surface area contributed by atoms with Crippen LogP contribution >= 0.6 is 0 Å². The van der Waals surface area contributed by atoms with Crippen molar-refractivity contribution in [3.8, 4) is 11.8 Å². The molecule has 20 rings (SSSR count). The SMILES string of the molecule is C[SiH2]c1ccc(N(c2ccccc2)c2ccccc2)cc1.[SiH3]c1cc(N(c2ccccc2)c2ccccc2)cc(N(c2ccccc2)c2ccccc2)c1.[SiH3]c1ccc(C#Cc2ccccc2)cc1.[SiH3]c1ccc(N(c2ccccc2)c2ccccc2)cc1.[SiH3]c1ccc(N(c2ccccc2)c2ccccc2)cc1.c1ccc([SiH2]c2ccc(N(c3ccccc3)c3ccccc3)cc2)cc1. The summed E-state index contributed by atoms with van der Waals surface area (Å²) in [6, 6.07) is 198. The zero-order valence-corrected chi connectivity index (χ0v) is 88.1. The predicted molar refractivity (Wildman–Crippen MR) is 606 cm³/mol. The molecular weight excluding hydrogens is 1730 g/mol. The minimum atomic E-state index is -0.419. The van der Waals surface area contributed by atoms with Crippen LogP contribution < -0.4 is 65.7 Å². The van der Waals surface area contributed by atoms with Crippen LogP contribution in [0.1, 0.15) is 11.1 Å². The first-order valence-corrected chi connectivity index (χ1v) is 53.7. The van der Waals surface area contributed by atoms with Crippen molar-refractivity contribution in [3.63, 3.8) is 0 Å². The third-order valence-corrected chi connectivity index (χ3v) is 28.2. The molecule has 0 saturated carbocycles. The molecule has 0 N–H and O–H groups in total. The van der Waals surface area contributed by atoms with Crippen molar-refractivity contribution < 1.29 is 0 Å². The van der Waals surface area contributed by atoms with Crippen LogP contribution in [0.2, 0.25) is 6.55 Å². The van der Waals surface area contributed by atoms with Crippen LogP contribution in [-0.4, -0.2) is 60.0 Å². The molecule has 658 valence electrons. The molecule has 0 aliphatic heterocycles. The summed E-state index contributed by atoms with van der Waals surface area (Å²) in [6.45, 7) is 2.32. The minimum absolute atomic E-state index is 0.0934. The fourth-order valence-corrected chi connectivity index (χ4v) is 19.5. The quantitative estimate of drug-likeness (QED) is 0.0524. The van der Waals surface area contributed by atoms with Gasteiger partial charge in [-0.3, -0.25) is 0 Å². The number of nitrogens with zero attached hydrogens (tertiary/aromatic N) is 6. The molecule has 0 aliphatic rings. The van der Waals surface area contributed by atoms with Crippen molar-refractivity contribution in [2.45, 2.75) is 6.55 Å². The summed E-state index contributed by atoms with van der Waals surface area (Å²) in [7, 11) is 3.73. The topological polar surface area (TPSA) is 19.4 Å². The van der Waals surface area contributed by atoms with Crippen molar-refractivity contribution in [1.82, 2.24) is 0 Å². The second-order valence-corrected chi connectivity index (χ2v) is 40.7. The van der Waals surface area contributed by atoms with Gasteiger partial charge in [0.15, 0.2) is 0 Å². The Bertz CT molecular complexity index is 6430. The molecule has 6 nitrogen and oxygen atoms in total. The predicted octanol–water partition coefficient (Wildman–Crippen LogP) is 22.3. The summed E-state index contributed by atoms with van der Waals surface area (Å²) < 4.78 is 0. The third kappa shape index (κ3) is 27.4. The van der Waals surface area contributed by atoms with Crippen LogP contribution in [0.25, 0.3) is 0 Å². The maximum Gasteiger partial charge on any atom is 0.0875 e. The largest absolute Gasteiger partial charge is 0.311 e. The van der Waals surface area contributed by atoms with Crippen LogP contribution in [0.3, 0.4) is 0 Å². The zero-order valence-electron chi connectivity index (χ0n) is 77.3. The van der Waals surface area contributed by atoms with Crippen molar-refractivity contribution in [2.24, 2.45) is 0 Å². The van der Waals surface area contributed by atoms with E-state index in [1.165, 1.54) is 105 Å². The molecule has 20 aromatic rings. The molecule has 0 aliphatic carbocycles. The summed E-state index contributed by atoms with van der Waals surface area (Å²) in [5, 5.41) is 10.0. The Morgan fingerprint density at radius 1 is 0.148 bits per heavy atom. The van der Waals surface area contributed by atoms with E-state index in [1.54, 1.807) is 0 Å². The van der Waals surface area contributed by atoms with Crippen molar-refractivity contribution >= 4 is 199 Å². The molecule has 0 fully saturated rings. The first-order chi connectivity index (χ1) is 66.6. The standard InChI is InChI=1S/C30H26N2Si.C24H21NSi.C19H19NSi.2C18H17NSi.C14H12Si/c33-30-22-28(31(24-13-5-1-6-14-24)25-15-7-2-8-16-25)21-29(23-30)32(26-17-9-3-10-18-26)27-19-11-4-12-20-27;1-4-10-20(11-5-1)25(21-12-6-2-7-13-21)22-16-18-24(19-17-22)26-23-14-8-3-9-15-23;1-21-19-14-12-18(13-15-19)20(16-8-4-2-5-9-16)17-10-6-3-7-11-17;2*20-18-13-11-17(12-14-18)19(15-7-3-1-4-8-15)16-9-5-2-6-10-16;15-14-10-8-13(9-11-14)7-6-12-4-2-1-3-5-12/h1-23H,33H3;1-19H,26H2;2-15H,21H2,1H3;2*1-14H,20H3;1-5,8-11H,15H3. The lowest BCUT2D eigenvalue weighted by Crippen LogP contribution is -2.26. The van der Waals surface area contributed by atoms with Gasteiger partial charge in [0.2, 0.25) is 0 Å². The van der Waals surface area contributed by atoms with Gasteiger partial charge < -0.3 is 29.4 Å². The van der Waals surface area contributed by atoms with Gasteiger partial charge in [0.25, 0.3) is 0 Å². The van der Waals surface area contributed by atoms with Gasteiger partial charge in [0.05, 0.1) is 19.0 Å². The first-order valence-electron chi connectivity index (χ1n) is 46.1. The van der Waals surface area contributed by atoms with E-state index in [0.29, 0.717) is 0 Å². The molecule has 0 amide bonds. The van der Waals surface area contributed by atoms with Crippen LogP contribution in [0.15, 0.2) is 564 Å². The lowest BCUT2D eigenvalue weighted by Gasteiger charge is -2.30. The average molecular weight is 1840 g/mol. The van der Waals surface area contributed by atoms with Crippen molar-refractivity contribution in [1.29, 1.82) is 0 Å². The first kappa shape index (κ1) is 93.7. The van der Waals surface area contributed by atoms with Gasteiger partial charge in [-0.2, -0.15) is 0 Å². The monoisotopic (exact) mass is 1840 g/mol. The average Bonchev–Trinajstić information content (AvgIpc) is 0.763. The third-order valence-electron chi connectivity index (χ3n) is 22.5. The lowest BCUT2D eigenvalue weighted by atomic mass is 10.1. The van der Waals surface area contributed by atoms with E-state index in [4.69, 9.17) is 0 Å². The molecule has 0 bridgehead atoms. The molecule has 0 aromatic heterocycles.